The van der Waals surface area contributed by atoms with Gasteiger partial charge < -0.3 is 14.7 Å². The number of piperidine rings is 1. The molecule has 0 radical (unpaired) electrons. The molecule has 0 saturated carbocycles. The Labute approximate surface area is 191 Å². The van der Waals surface area contributed by atoms with E-state index in [1.807, 2.05) is 26.8 Å². The maximum atomic E-state index is 12.4. The van der Waals surface area contributed by atoms with Gasteiger partial charge in [0, 0.05) is 43.1 Å². The van der Waals surface area contributed by atoms with Crippen LogP contribution in [0.2, 0.25) is 0 Å². The molecule has 4 rings (SSSR count). The van der Waals surface area contributed by atoms with Crippen molar-refractivity contribution < 1.29 is 29.0 Å². The molecule has 3 heterocycles. The van der Waals surface area contributed by atoms with Crippen LogP contribution in [0.15, 0.2) is 24.3 Å². The number of imide groups is 1. The normalized spacial score (nSPS) is 17.9. The third kappa shape index (κ3) is 4.50. The van der Waals surface area contributed by atoms with E-state index in [9.17, 15) is 24.3 Å². The zero-order valence-electron chi connectivity index (χ0n) is 19.0. The Morgan fingerprint density at radius 2 is 1.82 bits per heavy atom. The molecule has 33 heavy (non-hydrogen) atoms. The van der Waals surface area contributed by atoms with E-state index in [0.717, 1.165) is 0 Å². The first-order valence-electron chi connectivity index (χ1n) is 11.0. The van der Waals surface area contributed by atoms with Crippen LogP contribution in [0.3, 0.4) is 0 Å². The number of urea groups is 1. The quantitative estimate of drug-likeness (QED) is 0.710. The van der Waals surface area contributed by atoms with Crippen LogP contribution in [0, 0.1) is 0 Å². The molecule has 2 fully saturated rings. The van der Waals surface area contributed by atoms with Crippen molar-refractivity contribution in [1.82, 2.24) is 14.8 Å². The van der Waals surface area contributed by atoms with E-state index in [0.29, 0.717) is 48.2 Å². The third-order valence-corrected chi connectivity index (χ3v) is 5.95. The minimum absolute atomic E-state index is 0.0724. The lowest BCUT2D eigenvalue weighted by molar-refractivity contribution is -0.120. The molecule has 10 nitrogen and oxygen atoms in total. The van der Waals surface area contributed by atoms with Gasteiger partial charge in [-0.2, -0.15) is 0 Å². The van der Waals surface area contributed by atoms with Crippen molar-refractivity contribution in [2.75, 3.05) is 24.5 Å². The van der Waals surface area contributed by atoms with Gasteiger partial charge >= 0.3 is 18.2 Å². The molecule has 0 aliphatic carbocycles. The molecule has 176 valence electrons. The second kappa shape index (κ2) is 8.42. The van der Waals surface area contributed by atoms with Gasteiger partial charge in [-0.3, -0.25) is 15.0 Å². The second-order valence-electron chi connectivity index (χ2n) is 9.39. The summed E-state index contributed by atoms with van der Waals surface area (Å²) in [5.41, 5.74) is 1.09. The number of hydrogen-bond acceptors (Lipinski definition) is 5. The number of nitrogens with zero attached hydrogens (tertiary/aromatic N) is 3. The maximum Gasteiger partial charge on any atom is 0.416 e. The highest BCUT2D eigenvalue weighted by molar-refractivity contribution is 6.10. The van der Waals surface area contributed by atoms with Crippen LogP contribution >= 0.6 is 0 Å². The molecule has 0 spiro atoms. The van der Waals surface area contributed by atoms with Crippen molar-refractivity contribution in [3.05, 3.63) is 30.0 Å². The molecular formula is C23H28N4O6. The van der Waals surface area contributed by atoms with Crippen molar-refractivity contribution in [2.24, 2.45) is 0 Å². The highest BCUT2D eigenvalue weighted by Crippen LogP contribution is 2.37. The Balaban J connectivity index is 1.63. The number of ether oxygens (including phenoxy) is 1. The van der Waals surface area contributed by atoms with E-state index in [1.54, 1.807) is 23.1 Å². The Kier molecular flexibility index (Phi) is 5.77. The average Bonchev–Trinajstić information content (AvgIpc) is 3.13. The second-order valence-corrected chi connectivity index (χ2v) is 9.39. The molecule has 4 amide bonds. The lowest BCUT2D eigenvalue weighted by atomic mass is 9.93. The molecule has 2 aromatic rings. The van der Waals surface area contributed by atoms with Crippen molar-refractivity contribution in [3.8, 4) is 0 Å². The summed E-state index contributed by atoms with van der Waals surface area (Å²) in [6, 6.07) is 6.46. The van der Waals surface area contributed by atoms with Crippen LogP contribution < -0.4 is 10.2 Å². The van der Waals surface area contributed by atoms with Crippen molar-refractivity contribution in [1.29, 1.82) is 0 Å². The fourth-order valence-corrected chi connectivity index (χ4v) is 4.46. The van der Waals surface area contributed by atoms with Crippen LogP contribution in [0.25, 0.3) is 10.9 Å². The molecule has 0 unspecified atom stereocenters. The number of aromatic nitrogens is 1. The Hall–Kier alpha value is -3.56. The number of carbonyl (C=O) groups excluding carboxylic acids is 3. The first kappa shape index (κ1) is 22.6. The molecule has 0 atom stereocenters. The summed E-state index contributed by atoms with van der Waals surface area (Å²) in [6.07, 6.45) is -0.108. The minimum atomic E-state index is -1.11. The van der Waals surface area contributed by atoms with E-state index in [2.05, 4.69) is 5.32 Å². The van der Waals surface area contributed by atoms with Gasteiger partial charge in [0.2, 0.25) is 5.91 Å². The first-order chi connectivity index (χ1) is 15.5. The number of likely N-dealkylation sites (tertiary alicyclic amines) is 1. The number of hydrogen-bond donors (Lipinski definition) is 2. The number of rotatable bonds is 2. The van der Waals surface area contributed by atoms with Crippen LogP contribution in [0.4, 0.5) is 20.1 Å². The van der Waals surface area contributed by atoms with E-state index in [4.69, 9.17) is 4.74 Å². The predicted octanol–water partition coefficient (Wildman–Crippen LogP) is 3.73. The van der Waals surface area contributed by atoms with E-state index < -0.39 is 17.7 Å². The third-order valence-electron chi connectivity index (χ3n) is 5.95. The molecular weight excluding hydrogens is 428 g/mol. The Morgan fingerprint density at radius 3 is 2.42 bits per heavy atom. The van der Waals surface area contributed by atoms with Crippen molar-refractivity contribution in [2.45, 2.75) is 51.6 Å². The SMILES string of the molecule is CC(C)(C)OC(=O)N1CCC(c2cc3c(N4CCC(=O)NC4=O)cccc3n2C(=O)O)CC1. The monoisotopic (exact) mass is 456 g/mol. The fraction of sp³-hybridized carbons (Fsp3) is 0.478. The van der Waals surface area contributed by atoms with Gasteiger partial charge in [-0.25, -0.2) is 19.0 Å². The topological polar surface area (TPSA) is 121 Å². The van der Waals surface area contributed by atoms with Gasteiger partial charge in [0.25, 0.3) is 0 Å². The minimum Gasteiger partial charge on any atom is -0.464 e. The molecule has 1 aromatic heterocycles. The lowest BCUT2D eigenvalue weighted by Crippen LogP contribution is -2.49. The predicted molar refractivity (Wildman–Crippen MR) is 121 cm³/mol. The molecule has 10 heteroatoms. The lowest BCUT2D eigenvalue weighted by Gasteiger charge is -2.33. The van der Waals surface area contributed by atoms with Gasteiger partial charge in [-0.15, -0.1) is 0 Å². The summed E-state index contributed by atoms with van der Waals surface area (Å²) in [7, 11) is 0. The molecule has 2 aliphatic rings. The molecule has 1 aromatic carbocycles. The summed E-state index contributed by atoms with van der Waals surface area (Å²) in [4.78, 5) is 51.6. The summed E-state index contributed by atoms with van der Waals surface area (Å²) < 4.78 is 6.71. The zero-order chi connectivity index (χ0) is 23.9. The van der Waals surface area contributed by atoms with Gasteiger partial charge in [0.1, 0.15) is 5.60 Å². The summed E-state index contributed by atoms with van der Waals surface area (Å²) >= 11 is 0. The number of carboxylic acid groups (broad SMARTS) is 1. The van der Waals surface area contributed by atoms with Gasteiger partial charge in [-0.05, 0) is 51.8 Å². The maximum absolute atomic E-state index is 12.4. The number of nitrogens with one attached hydrogen (secondary N) is 1. The molecule has 2 saturated heterocycles. The summed E-state index contributed by atoms with van der Waals surface area (Å²) in [5.74, 6) is -0.402. The van der Waals surface area contributed by atoms with E-state index in [1.165, 1.54) is 9.47 Å². The fourth-order valence-electron chi connectivity index (χ4n) is 4.46. The highest BCUT2D eigenvalue weighted by atomic mass is 16.6. The number of anilines is 1. The summed E-state index contributed by atoms with van der Waals surface area (Å²) in [6.45, 7) is 6.61. The number of fused-ring (bicyclic) bond motifs is 1. The summed E-state index contributed by atoms with van der Waals surface area (Å²) in [5, 5.41) is 12.9. The van der Waals surface area contributed by atoms with E-state index in [-0.39, 0.29) is 30.9 Å². The number of benzene rings is 1. The van der Waals surface area contributed by atoms with Gasteiger partial charge in [-0.1, -0.05) is 6.07 Å². The first-order valence-corrected chi connectivity index (χ1v) is 11.0. The van der Waals surface area contributed by atoms with Gasteiger partial charge in [0.05, 0.1) is 11.2 Å². The molecule has 2 aliphatic heterocycles. The largest absolute Gasteiger partial charge is 0.464 e. The Bertz CT molecular complexity index is 1120. The standard InChI is InChI=1S/C23H28N4O6/c1-23(2,3)33-22(32)25-10-7-14(8-11-25)18-13-15-16(26-12-9-19(28)24-20(26)29)5-4-6-17(15)27(18)21(30)31/h4-6,13-14H,7-12H2,1-3H3,(H,30,31)(H,24,28,29). The number of carbonyl (C=O) groups is 4. The smallest absolute Gasteiger partial charge is 0.416 e. The number of amides is 4. The van der Waals surface area contributed by atoms with Gasteiger partial charge in [0.15, 0.2) is 0 Å². The Morgan fingerprint density at radius 1 is 1.12 bits per heavy atom. The van der Waals surface area contributed by atoms with Crippen LogP contribution in [-0.4, -0.2) is 63.9 Å². The molecule has 0 bridgehead atoms. The highest BCUT2D eigenvalue weighted by Gasteiger charge is 2.32. The van der Waals surface area contributed by atoms with Crippen LogP contribution in [0.1, 0.15) is 51.6 Å². The van der Waals surface area contributed by atoms with Crippen molar-refractivity contribution in [3.63, 3.8) is 0 Å². The van der Waals surface area contributed by atoms with Crippen LogP contribution in [-0.2, 0) is 9.53 Å². The molecule has 2 N–H and O–H groups in total. The van der Waals surface area contributed by atoms with E-state index >= 15 is 0 Å². The van der Waals surface area contributed by atoms with Crippen molar-refractivity contribution >= 4 is 40.7 Å². The van der Waals surface area contributed by atoms with Crippen LogP contribution in [0.5, 0.6) is 0 Å². The average molecular weight is 456 g/mol. The zero-order valence-corrected chi connectivity index (χ0v) is 19.0.